The predicted molar refractivity (Wildman–Crippen MR) is 70.0 cm³/mol. The lowest BCUT2D eigenvalue weighted by atomic mass is 10.1. The van der Waals surface area contributed by atoms with Crippen molar-refractivity contribution in [2.24, 2.45) is 5.92 Å². The first-order valence-electron chi connectivity index (χ1n) is 5.79. The number of amides is 2. The highest BCUT2D eigenvalue weighted by Crippen LogP contribution is 2.18. The van der Waals surface area contributed by atoms with Gasteiger partial charge in [-0.25, -0.2) is 9.59 Å². The minimum atomic E-state index is -1.00. The largest absolute Gasteiger partial charge is 0.478 e. The summed E-state index contributed by atoms with van der Waals surface area (Å²) >= 11 is 0. The Kier molecular flexibility index (Phi) is 4.71. The third kappa shape index (κ3) is 3.76. The second-order valence-corrected chi connectivity index (χ2v) is 4.51. The predicted octanol–water partition coefficient (Wildman–Crippen LogP) is 2.47. The lowest BCUT2D eigenvalue weighted by molar-refractivity contribution is 0.0696. The van der Waals surface area contributed by atoms with Crippen molar-refractivity contribution >= 4 is 17.7 Å². The van der Waals surface area contributed by atoms with E-state index in [0.717, 1.165) is 0 Å². The molecule has 5 nitrogen and oxygen atoms in total. The maximum absolute atomic E-state index is 11.6. The Balaban J connectivity index is 2.76. The molecule has 1 aromatic rings. The molecule has 0 saturated carbocycles. The molecule has 0 aliphatic heterocycles. The van der Waals surface area contributed by atoms with Gasteiger partial charge in [0.05, 0.1) is 5.56 Å². The fourth-order valence-corrected chi connectivity index (χ4v) is 1.47. The van der Waals surface area contributed by atoms with Crippen molar-refractivity contribution in [3.63, 3.8) is 0 Å². The zero-order valence-electron chi connectivity index (χ0n) is 10.8. The molecular formula is C13H18N2O3. The van der Waals surface area contributed by atoms with Crippen LogP contribution in [0.5, 0.6) is 0 Å². The molecule has 0 aromatic heterocycles. The van der Waals surface area contributed by atoms with Crippen LogP contribution < -0.4 is 10.6 Å². The number of hydrogen-bond donors (Lipinski definition) is 3. The van der Waals surface area contributed by atoms with Crippen LogP contribution in [-0.2, 0) is 0 Å². The molecule has 1 aromatic carbocycles. The van der Waals surface area contributed by atoms with E-state index < -0.39 is 5.97 Å². The van der Waals surface area contributed by atoms with E-state index in [-0.39, 0.29) is 11.6 Å². The minimum absolute atomic E-state index is 0.191. The van der Waals surface area contributed by atoms with Crippen LogP contribution in [0.25, 0.3) is 0 Å². The molecule has 0 bridgehead atoms. The van der Waals surface area contributed by atoms with E-state index in [1.807, 2.05) is 13.8 Å². The number of carbonyl (C=O) groups is 2. The summed E-state index contributed by atoms with van der Waals surface area (Å²) in [5.41, 5.74) is 1.25. The zero-order valence-corrected chi connectivity index (χ0v) is 10.8. The van der Waals surface area contributed by atoms with Crippen LogP contribution in [0.1, 0.15) is 29.8 Å². The van der Waals surface area contributed by atoms with Gasteiger partial charge in [-0.05, 0) is 30.5 Å². The van der Waals surface area contributed by atoms with Crippen LogP contribution in [0.15, 0.2) is 18.2 Å². The number of aromatic carboxylic acids is 1. The summed E-state index contributed by atoms with van der Waals surface area (Å²) in [6.07, 6.45) is 0. The normalized spacial score (nSPS) is 10.2. The molecular weight excluding hydrogens is 232 g/mol. The summed E-state index contributed by atoms with van der Waals surface area (Å²) in [4.78, 5) is 22.5. The van der Waals surface area contributed by atoms with Crippen molar-refractivity contribution < 1.29 is 14.7 Å². The smallest absolute Gasteiger partial charge is 0.336 e. The van der Waals surface area contributed by atoms with Crippen LogP contribution in [0, 0.1) is 12.8 Å². The number of carboxylic acid groups (broad SMARTS) is 1. The standard InChI is InChI=1S/C13H18N2O3/c1-8(2)7-14-13(18)15-11-6-4-5-10(9(11)3)12(16)17/h4-6,8H,7H2,1-3H3,(H,16,17)(H2,14,15,18). The average molecular weight is 250 g/mol. The first-order valence-corrected chi connectivity index (χ1v) is 5.79. The van der Waals surface area contributed by atoms with Gasteiger partial charge in [-0.2, -0.15) is 0 Å². The highest BCUT2D eigenvalue weighted by atomic mass is 16.4. The second kappa shape index (κ2) is 6.05. The van der Waals surface area contributed by atoms with Crippen LogP contribution in [0.4, 0.5) is 10.5 Å². The Morgan fingerprint density at radius 1 is 1.33 bits per heavy atom. The Labute approximate surface area is 106 Å². The van der Waals surface area contributed by atoms with Gasteiger partial charge in [-0.1, -0.05) is 19.9 Å². The lowest BCUT2D eigenvalue weighted by Crippen LogP contribution is -2.32. The molecule has 0 aliphatic carbocycles. The van der Waals surface area contributed by atoms with E-state index in [1.54, 1.807) is 19.1 Å². The molecule has 98 valence electrons. The number of carbonyl (C=O) groups excluding carboxylic acids is 1. The summed E-state index contributed by atoms with van der Waals surface area (Å²) < 4.78 is 0. The van der Waals surface area contributed by atoms with Gasteiger partial charge in [0.15, 0.2) is 0 Å². The third-order valence-electron chi connectivity index (χ3n) is 2.48. The summed E-state index contributed by atoms with van der Waals surface area (Å²) in [6, 6.07) is 4.47. The summed E-state index contributed by atoms with van der Waals surface area (Å²) in [6.45, 7) is 6.23. The topological polar surface area (TPSA) is 78.4 Å². The number of benzene rings is 1. The molecule has 0 saturated heterocycles. The summed E-state index contributed by atoms with van der Waals surface area (Å²) in [5.74, 6) is -0.638. The van der Waals surface area contributed by atoms with Crippen molar-refractivity contribution in [1.82, 2.24) is 5.32 Å². The van der Waals surface area contributed by atoms with Gasteiger partial charge < -0.3 is 15.7 Å². The lowest BCUT2D eigenvalue weighted by Gasteiger charge is -2.12. The molecule has 0 atom stereocenters. The van der Waals surface area contributed by atoms with Crippen LogP contribution in [0.2, 0.25) is 0 Å². The number of urea groups is 1. The SMILES string of the molecule is Cc1c(NC(=O)NCC(C)C)cccc1C(=O)O. The van der Waals surface area contributed by atoms with E-state index in [9.17, 15) is 9.59 Å². The number of anilines is 1. The highest BCUT2D eigenvalue weighted by Gasteiger charge is 2.11. The molecule has 5 heteroatoms. The number of hydrogen-bond acceptors (Lipinski definition) is 2. The summed E-state index contributed by atoms with van der Waals surface area (Å²) in [7, 11) is 0. The Morgan fingerprint density at radius 3 is 2.56 bits per heavy atom. The molecule has 0 heterocycles. The van der Waals surface area contributed by atoms with Crippen molar-refractivity contribution in [3.8, 4) is 0 Å². The third-order valence-corrected chi connectivity index (χ3v) is 2.48. The maximum Gasteiger partial charge on any atom is 0.336 e. The molecule has 0 aliphatic rings. The molecule has 3 N–H and O–H groups in total. The highest BCUT2D eigenvalue weighted by molar-refractivity contribution is 5.95. The van der Waals surface area contributed by atoms with Crippen LogP contribution >= 0.6 is 0 Å². The van der Waals surface area contributed by atoms with Gasteiger partial charge in [0, 0.05) is 12.2 Å². The quantitative estimate of drug-likeness (QED) is 0.768. The summed E-state index contributed by atoms with van der Waals surface area (Å²) in [5, 5.41) is 14.3. The van der Waals surface area contributed by atoms with Crippen molar-refractivity contribution in [3.05, 3.63) is 29.3 Å². The van der Waals surface area contributed by atoms with Crippen LogP contribution in [-0.4, -0.2) is 23.7 Å². The molecule has 2 amide bonds. The first kappa shape index (κ1) is 14.0. The fraction of sp³-hybridized carbons (Fsp3) is 0.385. The van der Waals surface area contributed by atoms with Gasteiger partial charge in [0.2, 0.25) is 0 Å². The van der Waals surface area contributed by atoms with Crippen molar-refractivity contribution in [2.75, 3.05) is 11.9 Å². The van der Waals surface area contributed by atoms with E-state index in [2.05, 4.69) is 10.6 Å². The van der Waals surface area contributed by atoms with Crippen molar-refractivity contribution in [1.29, 1.82) is 0 Å². The molecule has 1 rings (SSSR count). The Morgan fingerprint density at radius 2 is 2.00 bits per heavy atom. The van der Waals surface area contributed by atoms with Gasteiger partial charge >= 0.3 is 12.0 Å². The van der Waals surface area contributed by atoms with E-state index >= 15 is 0 Å². The fourth-order valence-electron chi connectivity index (χ4n) is 1.47. The van der Waals surface area contributed by atoms with E-state index in [0.29, 0.717) is 23.7 Å². The Bertz CT molecular complexity index is 456. The average Bonchev–Trinajstić information content (AvgIpc) is 2.29. The molecule has 0 fully saturated rings. The first-order chi connectivity index (χ1) is 8.41. The van der Waals surface area contributed by atoms with Gasteiger partial charge in [-0.15, -0.1) is 0 Å². The van der Waals surface area contributed by atoms with Gasteiger partial charge in [0.1, 0.15) is 0 Å². The Hall–Kier alpha value is -2.04. The monoisotopic (exact) mass is 250 g/mol. The number of rotatable bonds is 4. The van der Waals surface area contributed by atoms with Crippen LogP contribution in [0.3, 0.4) is 0 Å². The van der Waals surface area contributed by atoms with E-state index in [1.165, 1.54) is 6.07 Å². The molecule has 0 unspecified atom stereocenters. The molecule has 0 spiro atoms. The van der Waals surface area contributed by atoms with Gasteiger partial charge in [-0.3, -0.25) is 0 Å². The van der Waals surface area contributed by atoms with E-state index in [4.69, 9.17) is 5.11 Å². The van der Waals surface area contributed by atoms with Gasteiger partial charge in [0.25, 0.3) is 0 Å². The number of carboxylic acids is 1. The van der Waals surface area contributed by atoms with Crippen molar-refractivity contribution in [2.45, 2.75) is 20.8 Å². The number of nitrogens with one attached hydrogen (secondary N) is 2. The second-order valence-electron chi connectivity index (χ2n) is 4.51. The maximum atomic E-state index is 11.6. The molecule has 18 heavy (non-hydrogen) atoms. The zero-order chi connectivity index (χ0) is 13.7. The molecule has 0 radical (unpaired) electrons. The minimum Gasteiger partial charge on any atom is -0.478 e.